The van der Waals surface area contributed by atoms with Crippen LogP contribution in [0.25, 0.3) is 0 Å². The maximum atomic E-state index is 5.96. The van der Waals surface area contributed by atoms with E-state index < -0.39 is 0 Å². The van der Waals surface area contributed by atoms with Gasteiger partial charge in [-0.25, -0.2) is 0 Å². The molecule has 1 fully saturated rings. The average molecular weight is 250 g/mol. The van der Waals surface area contributed by atoms with Crippen molar-refractivity contribution >= 4 is 0 Å². The summed E-state index contributed by atoms with van der Waals surface area (Å²) in [6, 6.07) is 0.472. The topological polar surface area (TPSA) is 47.1 Å². The third-order valence-electron chi connectivity index (χ3n) is 4.02. The van der Waals surface area contributed by atoms with Gasteiger partial charge >= 0.3 is 0 Å². The Morgan fingerprint density at radius 3 is 2.94 bits per heavy atom. The van der Waals surface area contributed by atoms with Gasteiger partial charge in [-0.05, 0) is 44.8 Å². The zero-order valence-electron chi connectivity index (χ0n) is 11.7. The van der Waals surface area contributed by atoms with Crippen LogP contribution in [0.1, 0.15) is 44.7 Å². The van der Waals surface area contributed by atoms with Gasteiger partial charge in [-0.2, -0.15) is 5.10 Å². The third kappa shape index (κ3) is 2.75. The summed E-state index contributed by atoms with van der Waals surface area (Å²) in [5.41, 5.74) is 7.31. The minimum atomic E-state index is 0.472. The highest BCUT2D eigenvalue weighted by Crippen LogP contribution is 2.34. The molecular formula is C14H26N4. The molecule has 0 bridgehead atoms. The predicted molar refractivity (Wildman–Crippen MR) is 74.3 cm³/mol. The quantitative estimate of drug-likeness (QED) is 0.869. The van der Waals surface area contributed by atoms with E-state index in [2.05, 4.69) is 34.7 Å². The highest BCUT2D eigenvalue weighted by Gasteiger charge is 2.31. The molecule has 0 aliphatic carbocycles. The molecule has 0 spiro atoms. The van der Waals surface area contributed by atoms with E-state index >= 15 is 0 Å². The second kappa shape index (κ2) is 6.34. The number of piperidine rings is 1. The van der Waals surface area contributed by atoms with Crippen LogP contribution < -0.4 is 5.73 Å². The first kappa shape index (κ1) is 13.6. The van der Waals surface area contributed by atoms with Crippen LogP contribution in [0, 0.1) is 5.92 Å². The summed E-state index contributed by atoms with van der Waals surface area (Å²) in [6.07, 6.45) is 7.90. The van der Waals surface area contributed by atoms with Crippen LogP contribution in [0.4, 0.5) is 0 Å². The number of aromatic nitrogens is 2. The molecular weight excluding hydrogens is 224 g/mol. The van der Waals surface area contributed by atoms with Gasteiger partial charge in [-0.15, -0.1) is 0 Å². The van der Waals surface area contributed by atoms with Crippen LogP contribution in [0.5, 0.6) is 0 Å². The summed E-state index contributed by atoms with van der Waals surface area (Å²) in [5.74, 6) is 0.581. The molecule has 0 amide bonds. The fraction of sp³-hybridized carbons (Fsp3) is 0.786. The summed E-state index contributed by atoms with van der Waals surface area (Å²) >= 11 is 0. The Morgan fingerprint density at radius 2 is 2.28 bits per heavy atom. The van der Waals surface area contributed by atoms with Gasteiger partial charge in [0.2, 0.25) is 0 Å². The lowest BCUT2D eigenvalue weighted by Gasteiger charge is -2.40. The second-order valence-electron chi connectivity index (χ2n) is 5.25. The number of likely N-dealkylation sites (tertiary alicyclic amines) is 1. The normalized spacial score (nSPS) is 25.5. The third-order valence-corrected chi connectivity index (χ3v) is 4.02. The molecule has 2 rings (SSSR count). The number of aryl methyl sites for hydroxylation is 1. The Morgan fingerprint density at radius 1 is 1.44 bits per heavy atom. The standard InChI is InChI=1S/C14H26N4/c1-3-7-18-11-13(10-16-18)14-12(9-15)6-5-8-17(14)4-2/h10-12,14H,3-9,15H2,1-2H3. The second-order valence-corrected chi connectivity index (χ2v) is 5.25. The van der Waals surface area contributed by atoms with Crippen molar-refractivity contribution in [2.45, 2.75) is 45.7 Å². The number of rotatable bonds is 5. The molecule has 1 aromatic heterocycles. The van der Waals surface area contributed by atoms with Crippen LogP contribution in [0.15, 0.2) is 12.4 Å². The molecule has 0 radical (unpaired) electrons. The molecule has 1 saturated heterocycles. The molecule has 2 heterocycles. The summed E-state index contributed by atoms with van der Waals surface area (Å²) in [5, 5.41) is 4.47. The van der Waals surface area contributed by atoms with E-state index in [1.807, 2.05) is 6.20 Å². The first-order chi connectivity index (χ1) is 8.80. The van der Waals surface area contributed by atoms with Crippen LogP contribution in [-0.2, 0) is 6.54 Å². The van der Waals surface area contributed by atoms with Crippen molar-refractivity contribution in [1.29, 1.82) is 0 Å². The maximum absolute atomic E-state index is 5.96. The minimum absolute atomic E-state index is 0.472. The Bertz CT molecular complexity index is 348. The van der Waals surface area contributed by atoms with Crippen molar-refractivity contribution in [1.82, 2.24) is 14.7 Å². The summed E-state index contributed by atoms with van der Waals surface area (Å²) in [4.78, 5) is 2.55. The SMILES string of the molecule is CCCn1cc(C2C(CN)CCCN2CC)cn1. The van der Waals surface area contributed by atoms with E-state index in [1.165, 1.54) is 24.9 Å². The van der Waals surface area contributed by atoms with E-state index in [4.69, 9.17) is 5.73 Å². The molecule has 1 aliphatic rings. The van der Waals surface area contributed by atoms with Gasteiger partial charge in [0.05, 0.1) is 6.20 Å². The Hall–Kier alpha value is -0.870. The van der Waals surface area contributed by atoms with E-state index in [0.717, 1.165) is 26.1 Å². The first-order valence-corrected chi connectivity index (χ1v) is 7.26. The molecule has 0 aromatic carbocycles. The zero-order chi connectivity index (χ0) is 13.0. The fourth-order valence-electron chi connectivity index (χ4n) is 3.12. The van der Waals surface area contributed by atoms with Crippen molar-refractivity contribution in [3.63, 3.8) is 0 Å². The van der Waals surface area contributed by atoms with Gasteiger partial charge in [0, 0.05) is 24.3 Å². The number of hydrogen-bond acceptors (Lipinski definition) is 3. The Balaban J connectivity index is 2.18. The van der Waals surface area contributed by atoms with Gasteiger partial charge in [-0.1, -0.05) is 13.8 Å². The average Bonchev–Trinajstić information content (AvgIpc) is 2.86. The zero-order valence-corrected chi connectivity index (χ0v) is 11.7. The highest BCUT2D eigenvalue weighted by molar-refractivity contribution is 5.13. The molecule has 2 N–H and O–H groups in total. The molecule has 1 aliphatic heterocycles. The number of nitrogens with zero attached hydrogens (tertiary/aromatic N) is 3. The molecule has 18 heavy (non-hydrogen) atoms. The van der Waals surface area contributed by atoms with E-state index in [0.29, 0.717) is 12.0 Å². The minimum Gasteiger partial charge on any atom is -0.330 e. The van der Waals surface area contributed by atoms with Crippen molar-refractivity contribution < 1.29 is 0 Å². The van der Waals surface area contributed by atoms with Crippen molar-refractivity contribution in [3.05, 3.63) is 18.0 Å². The van der Waals surface area contributed by atoms with Gasteiger partial charge in [0.25, 0.3) is 0 Å². The molecule has 0 saturated carbocycles. The predicted octanol–water partition coefficient (Wildman–Crippen LogP) is 2.02. The van der Waals surface area contributed by atoms with Gasteiger partial charge < -0.3 is 5.73 Å². The van der Waals surface area contributed by atoms with Gasteiger partial charge in [-0.3, -0.25) is 9.58 Å². The monoisotopic (exact) mass is 250 g/mol. The Labute approximate surface area is 110 Å². The molecule has 2 unspecified atom stereocenters. The summed E-state index contributed by atoms with van der Waals surface area (Å²) in [7, 11) is 0. The van der Waals surface area contributed by atoms with Gasteiger partial charge in [0.1, 0.15) is 0 Å². The van der Waals surface area contributed by atoms with E-state index in [9.17, 15) is 0 Å². The van der Waals surface area contributed by atoms with Crippen molar-refractivity contribution in [2.75, 3.05) is 19.6 Å². The van der Waals surface area contributed by atoms with Crippen LogP contribution in [0.3, 0.4) is 0 Å². The Kier molecular flexibility index (Phi) is 4.78. The molecule has 2 atom stereocenters. The van der Waals surface area contributed by atoms with Crippen molar-refractivity contribution in [2.24, 2.45) is 11.7 Å². The highest BCUT2D eigenvalue weighted by atomic mass is 15.3. The number of hydrogen-bond donors (Lipinski definition) is 1. The lowest BCUT2D eigenvalue weighted by atomic mass is 9.86. The molecule has 4 heteroatoms. The molecule has 4 nitrogen and oxygen atoms in total. The smallest absolute Gasteiger partial charge is 0.0537 e. The lowest BCUT2D eigenvalue weighted by Crippen LogP contribution is -2.41. The van der Waals surface area contributed by atoms with Crippen molar-refractivity contribution in [3.8, 4) is 0 Å². The summed E-state index contributed by atoms with van der Waals surface area (Å²) in [6.45, 7) is 8.49. The largest absolute Gasteiger partial charge is 0.330 e. The van der Waals surface area contributed by atoms with Crippen LogP contribution in [-0.4, -0.2) is 34.3 Å². The first-order valence-electron chi connectivity index (χ1n) is 7.26. The fourth-order valence-corrected chi connectivity index (χ4v) is 3.12. The molecule has 102 valence electrons. The van der Waals surface area contributed by atoms with Crippen LogP contribution in [0.2, 0.25) is 0 Å². The summed E-state index contributed by atoms with van der Waals surface area (Å²) < 4.78 is 2.06. The lowest BCUT2D eigenvalue weighted by molar-refractivity contribution is 0.102. The van der Waals surface area contributed by atoms with Gasteiger partial charge in [0.15, 0.2) is 0 Å². The maximum Gasteiger partial charge on any atom is 0.0537 e. The van der Waals surface area contributed by atoms with E-state index in [1.54, 1.807) is 0 Å². The number of nitrogens with two attached hydrogens (primary N) is 1. The molecule has 1 aromatic rings. The van der Waals surface area contributed by atoms with E-state index in [-0.39, 0.29) is 0 Å². The van der Waals surface area contributed by atoms with Crippen LogP contribution >= 0.6 is 0 Å².